The molecule has 0 aromatic carbocycles. The molecule has 0 amide bonds. The van der Waals surface area contributed by atoms with Gasteiger partial charge in [-0.05, 0) is 0 Å². The van der Waals surface area contributed by atoms with E-state index in [0.717, 1.165) is 13.1 Å². The maximum absolute atomic E-state index is 5.21. The average molecular weight is 126 g/mol. The van der Waals surface area contributed by atoms with Crippen LogP contribution in [0.3, 0.4) is 0 Å². The smallest absolute Gasteiger partial charge is 1.00 e. The van der Waals surface area contributed by atoms with Gasteiger partial charge in [-0.15, -0.1) is 0 Å². The van der Waals surface area contributed by atoms with E-state index in [2.05, 4.69) is 19.2 Å². The summed E-state index contributed by atoms with van der Waals surface area (Å²) in [5, 5.41) is 3.17. The molecule has 3 N–H and O–H groups in total. The van der Waals surface area contributed by atoms with E-state index >= 15 is 0 Å². The quantitative estimate of drug-likeness (QED) is 0.397. The predicted octanol–water partition coefficient (Wildman–Crippen LogP) is -2.94. The summed E-state index contributed by atoms with van der Waals surface area (Å²) in [6.07, 6.45) is 0. The van der Waals surface area contributed by atoms with E-state index in [1.807, 2.05) is 0 Å². The molecule has 0 aromatic heterocycles. The maximum Gasteiger partial charge on any atom is 1.00 e. The predicted molar refractivity (Wildman–Crippen MR) is 33.3 cm³/mol. The van der Waals surface area contributed by atoms with Crippen LogP contribution in [-0.4, -0.2) is 19.1 Å². The topological polar surface area (TPSA) is 38.0 Å². The zero-order chi connectivity index (χ0) is 5.70. The summed E-state index contributed by atoms with van der Waals surface area (Å²) in [4.78, 5) is 0. The molecule has 0 atom stereocenters. The molecule has 0 aliphatic carbocycles. The molecule has 0 aliphatic rings. The van der Waals surface area contributed by atoms with Gasteiger partial charge in [-0.3, -0.25) is 0 Å². The van der Waals surface area contributed by atoms with Crippen LogP contribution in [0.4, 0.5) is 0 Å². The maximum atomic E-state index is 5.21. The Labute approximate surface area is 75.0 Å². The summed E-state index contributed by atoms with van der Waals surface area (Å²) in [6.45, 7) is 5.88. The third kappa shape index (κ3) is 10.0. The molecule has 0 aliphatic heterocycles. The zero-order valence-electron chi connectivity index (χ0n) is 7.07. The van der Waals surface area contributed by atoms with E-state index in [4.69, 9.17) is 5.73 Å². The Morgan fingerprint density at radius 2 is 2.12 bits per heavy atom. The summed E-state index contributed by atoms with van der Waals surface area (Å²) >= 11 is 0. The van der Waals surface area contributed by atoms with Crippen molar-refractivity contribution < 1.29 is 31.0 Å². The fourth-order valence-corrected chi connectivity index (χ4v) is 0.372. The van der Waals surface area contributed by atoms with Crippen LogP contribution in [0.15, 0.2) is 0 Å². The molecule has 3 heteroatoms. The van der Waals surface area contributed by atoms with Crippen molar-refractivity contribution in [3.8, 4) is 0 Å². The van der Waals surface area contributed by atoms with Gasteiger partial charge in [-0.25, -0.2) is 0 Å². The summed E-state index contributed by atoms with van der Waals surface area (Å²) in [5.41, 5.74) is 5.21. The van der Waals surface area contributed by atoms with Crippen LogP contribution in [0, 0.1) is 0 Å². The van der Waals surface area contributed by atoms with E-state index in [1.165, 1.54) is 0 Å². The SMILES string of the molecule is CC(C)NCCN.[H-].[Na+]. The van der Waals surface area contributed by atoms with E-state index in [-0.39, 0.29) is 31.0 Å². The minimum atomic E-state index is 0. The number of nitrogens with two attached hydrogens (primary N) is 1. The van der Waals surface area contributed by atoms with E-state index in [1.54, 1.807) is 0 Å². The molecule has 8 heavy (non-hydrogen) atoms. The molecule has 0 heterocycles. The van der Waals surface area contributed by atoms with Crippen molar-refractivity contribution in [1.29, 1.82) is 0 Å². The Balaban J connectivity index is -0.000000180. The average Bonchev–Trinajstić information content (AvgIpc) is 1.61. The first-order chi connectivity index (χ1) is 3.27. The molecule has 0 fully saturated rings. The summed E-state index contributed by atoms with van der Waals surface area (Å²) in [6, 6.07) is 0.573. The third-order valence-corrected chi connectivity index (χ3v) is 0.697. The molecule has 0 aromatic rings. The minimum Gasteiger partial charge on any atom is -1.00 e. The van der Waals surface area contributed by atoms with Crippen molar-refractivity contribution >= 4 is 0 Å². The molecule has 0 rings (SSSR count). The van der Waals surface area contributed by atoms with Gasteiger partial charge in [0.15, 0.2) is 0 Å². The molecule has 0 spiro atoms. The van der Waals surface area contributed by atoms with E-state index in [9.17, 15) is 0 Å². The first kappa shape index (κ1) is 11.7. The van der Waals surface area contributed by atoms with Crippen molar-refractivity contribution in [3.63, 3.8) is 0 Å². The molecule has 0 saturated carbocycles. The molecule has 0 bridgehead atoms. The second-order valence-corrected chi connectivity index (χ2v) is 1.90. The van der Waals surface area contributed by atoms with Gasteiger partial charge in [0, 0.05) is 19.1 Å². The van der Waals surface area contributed by atoms with Gasteiger partial charge in [0.05, 0.1) is 0 Å². The fourth-order valence-electron chi connectivity index (χ4n) is 0.372. The molecule has 0 radical (unpaired) electrons. The van der Waals surface area contributed by atoms with Crippen LogP contribution >= 0.6 is 0 Å². The molecular weight excluding hydrogens is 111 g/mol. The molecular formula is C5H15N2Na. The van der Waals surface area contributed by atoms with Gasteiger partial charge >= 0.3 is 29.6 Å². The van der Waals surface area contributed by atoms with Crippen molar-refractivity contribution in [2.45, 2.75) is 19.9 Å². The zero-order valence-corrected chi connectivity index (χ0v) is 8.07. The normalized spacial score (nSPS) is 9.00. The summed E-state index contributed by atoms with van der Waals surface area (Å²) < 4.78 is 0. The van der Waals surface area contributed by atoms with E-state index in [0.29, 0.717) is 6.04 Å². The van der Waals surface area contributed by atoms with Crippen LogP contribution in [0.25, 0.3) is 0 Å². The van der Waals surface area contributed by atoms with E-state index < -0.39 is 0 Å². The van der Waals surface area contributed by atoms with Crippen molar-refractivity contribution in [2.24, 2.45) is 5.73 Å². The standard InChI is InChI=1S/C5H14N2.Na.H/c1-5(2)7-4-3-6;;/h5,7H,3-4,6H2,1-2H3;;/q;+1;-1. The van der Waals surface area contributed by atoms with Gasteiger partial charge in [0.1, 0.15) is 0 Å². The van der Waals surface area contributed by atoms with Gasteiger partial charge in [0.25, 0.3) is 0 Å². The number of hydrogen-bond donors (Lipinski definition) is 2. The first-order valence-corrected chi connectivity index (χ1v) is 2.71. The number of hydrogen-bond acceptors (Lipinski definition) is 2. The second kappa shape index (κ2) is 7.92. The third-order valence-electron chi connectivity index (χ3n) is 0.697. The Kier molecular flexibility index (Phi) is 11.6. The summed E-state index contributed by atoms with van der Waals surface area (Å²) in [5.74, 6) is 0. The summed E-state index contributed by atoms with van der Waals surface area (Å²) in [7, 11) is 0. The molecule has 0 saturated heterocycles. The number of rotatable bonds is 3. The van der Waals surface area contributed by atoms with Crippen LogP contribution in [0.2, 0.25) is 0 Å². The molecule has 2 nitrogen and oxygen atoms in total. The van der Waals surface area contributed by atoms with Crippen LogP contribution in [-0.2, 0) is 0 Å². The van der Waals surface area contributed by atoms with Crippen LogP contribution < -0.4 is 40.6 Å². The largest absolute Gasteiger partial charge is 1.00 e. The van der Waals surface area contributed by atoms with Gasteiger partial charge in [0.2, 0.25) is 0 Å². The van der Waals surface area contributed by atoms with Crippen molar-refractivity contribution in [3.05, 3.63) is 0 Å². The van der Waals surface area contributed by atoms with Gasteiger partial charge < -0.3 is 12.5 Å². The molecule has 0 unspecified atom stereocenters. The Bertz CT molecular complexity index is 43.9. The monoisotopic (exact) mass is 126 g/mol. The second-order valence-electron chi connectivity index (χ2n) is 1.90. The van der Waals surface area contributed by atoms with Gasteiger partial charge in [-0.2, -0.15) is 0 Å². The Morgan fingerprint density at radius 3 is 2.25 bits per heavy atom. The van der Waals surface area contributed by atoms with Crippen LogP contribution in [0.5, 0.6) is 0 Å². The molecule has 46 valence electrons. The van der Waals surface area contributed by atoms with Crippen molar-refractivity contribution in [2.75, 3.05) is 13.1 Å². The first-order valence-electron chi connectivity index (χ1n) is 2.71. The van der Waals surface area contributed by atoms with Crippen molar-refractivity contribution in [1.82, 2.24) is 5.32 Å². The van der Waals surface area contributed by atoms with Crippen LogP contribution in [0.1, 0.15) is 15.3 Å². The minimum absolute atomic E-state index is 0. The number of nitrogens with one attached hydrogen (secondary N) is 1. The Morgan fingerprint density at radius 1 is 1.62 bits per heavy atom. The Hall–Kier alpha value is 0.920. The fraction of sp³-hybridized carbons (Fsp3) is 1.00. The van der Waals surface area contributed by atoms with Gasteiger partial charge in [-0.1, -0.05) is 13.8 Å².